The molecule has 4 nitrogen and oxygen atoms in total. The second kappa shape index (κ2) is 9.04. The maximum Gasteiger partial charge on any atom is 0.249 e. The topological polar surface area (TPSA) is 64.4 Å². The van der Waals surface area contributed by atoms with E-state index in [2.05, 4.69) is 5.32 Å². The van der Waals surface area contributed by atoms with Gasteiger partial charge in [0.1, 0.15) is 6.10 Å². The van der Waals surface area contributed by atoms with Crippen molar-refractivity contribution in [3.05, 3.63) is 34.9 Å². The maximum atomic E-state index is 12.6. The number of carbonyl (C=O) groups excluding carboxylic acids is 1. The van der Waals surface area contributed by atoms with E-state index in [1.165, 1.54) is 12.8 Å². The van der Waals surface area contributed by atoms with Crippen LogP contribution in [0.2, 0.25) is 5.02 Å². The Bertz CT molecular complexity index is 532. The molecule has 0 bridgehead atoms. The highest BCUT2D eigenvalue weighted by Gasteiger charge is 2.34. The zero-order valence-corrected chi connectivity index (χ0v) is 15.3. The summed E-state index contributed by atoms with van der Waals surface area (Å²) in [6.45, 7) is 0.479. The van der Waals surface area contributed by atoms with Crippen LogP contribution in [0.4, 0.5) is 0 Å². The zero-order valence-electron chi connectivity index (χ0n) is 13.7. The summed E-state index contributed by atoms with van der Waals surface area (Å²) < 4.78 is 5.73. The van der Waals surface area contributed by atoms with Crippen molar-refractivity contribution in [1.82, 2.24) is 5.32 Å². The van der Waals surface area contributed by atoms with E-state index in [9.17, 15) is 4.79 Å². The third-order valence-corrected chi connectivity index (χ3v) is 5.31. The van der Waals surface area contributed by atoms with Crippen molar-refractivity contribution in [3.63, 3.8) is 0 Å². The lowest BCUT2D eigenvalue weighted by Crippen LogP contribution is -2.40. The molecule has 1 amide bonds. The number of halogens is 2. The van der Waals surface area contributed by atoms with Crippen LogP contribution in [0.1, 0.15) is 50.1 Å². The van der Waals surface area contributed by atoms with E-state index in [0.717, 1.165) is 36.3 Å². The van der Waals surface area contributed by atoms with Crippen LogP contribution in [0, 0.1) is 5.92 Å². The molecule has 3 atom stereocenters. The van der Waals surface area contributed by atoms with Crippen LogP contribution in [0.3, 0.4) is 0 Å². The third-order valence-electron chi connectivity index (χ3n) is 5.06. The van der Waals surface area contributed by atoms with Gasteiger partial charge >= 0.3 is 0 Å². The van der Waals surface area contributed by atoms with E-state index in [-0.39, 0.29) is 36.6 Å². The molecule has 3 rings (SSSR count). The van der Waals surface area contributed by atoms with E-state index < -0.39 is 0 Å². The first kappa shape index (κ1) is 19.5. The van der Waals surface area contributed by atoms with Gasteiger partial charge in [-0.3, -0.25) is 4.79 Å². The average Bonchev–Trinajstić information content (AvgIpc) is 3.25. The fourth-order valence-corrected chi connectivity index (χ4v) is 3.88. The van der Waals surface area contributed by atoms with Gasteiger partial charge in [0.2, 0.25) is 5.91 Å². The normalized spacial score (nSPS) is 25.2. The lowest BCUT2D eigenvalue weighted by Gasteiger charge is -2.26. The predicted molar refractivity (Wildman–Crippen MR) is 98.5 cm³/mol. The Kier molecular flexibility index (Phi) is 7.35. The fourth-order valence-electron chi connectivity index (χ4n) is 3.75. The van der Waals surface area contributed by atoms with Gasteiger partial charge in [0, 0.05) is 11.6 Å². The number of nitrogens with two attached hydrogens (primary N) is 1. The second-order valence-corrected chi connectivity index (χ2v) is 7.08. The first-order chi connectivity index (χ1) is 11.2. The summed E-state index contributed by atoms with van der Waals surface area (Å²) in [7, 11) is 0. The van der Waals surface area contributed by atoms with Gasteiger partial charge in [0.25, 0.3) is 0 Å². The number of amides is 1. The molecular weight excluding hydrogens is 347 g/mol. The average molecular weight is 373 g/mol. The van der Waals surface area contributed by atoms with E-state index in [4.69, 9.17) is 22.1 Å². The summed E-state index contributed by atoms with van der Waals surface area (Å²) >= 11 is 6.00. The number of carbonyl (C=O) groups is 1. The van der Waals surface area contributed by atoms with Crippen molar-refractivity contribution in [1.29, 1.82) is 0 Å². The molecule has 1 unspecified atom stereocenters. The van der Waals surface area contributed by atoms with Gasteiger partial charge in [0.05, 0.1) is 12.1 Å². The van der Waals surface area contributed by atoms with Crippen molar-refractivity contribution >= 4 is 29.9 Å². The van der Waals surface area contributed by atoms with Gasteiger partial charge in [-0.15, -0.1) is 12.4 Å². The molecular formula is C18H26Cl2N2O2. The van der Waals surface area contributed by atoms with Crippen LogP contribution in [0.5, 0.6) is 0 Å². The molecule has 0 aromatic heterocycles. The molecule has 0 radical (unpaired) electrons. The van der Waals surface area contributed by atoms with E-state index >= 15 is 0 Å². The van der Waals surface area contributed by atoms with Crippen molar-refractivity contribution in [3.8, 4) is 0 Å². The van der Waals surface area contributed by atoms with Crippen LogP contribution < -0.4 is 11.1 Å². The monoisotopic (exact) mass is 372 g/mol. The third kappa shape index (κ3) is 4.63. The van der Waals surface area contributed by atoms with E-state index in [1.807, 2.05) is 24.3 Å². The van der Waals surface area contributed by atoms with Crippen LogP contribution in [0.25, 0.3) is 0 Å². The van der Waals surface area contributed by atoms with Gasteiger partial charge in [0.15, 0.2) is 0 Å². The lowest BCUT2D eigenvalue weighted by atomic mass is 9.91. The molecule has 6 heteroatoms. The number of nitrogens with one attached hydrogen (secondary N) is 1. The summed E-state index contributed by atoms with van der Waals surface area (Å²) in [5.74, 6) is 0.486. The molecule has 0 spiro atoms. The number of rotatable bonds is 5. The van der Waals surface area contributed by atoms with Crippen LogP contribution in [-0.2, 0) is 9.53 Å². The first-order valence-electron chi connectivity index (χ1n) is 8.58. The Morgan fingerprint density at radius 3 is 2.46 bits per heavy atom. The molecule has 134 valence electrons. The molecule has 1 aromatic carbocycles. The molecule has 1 saturated heterocycles. The van der Waals surface area contributed by atoms with Gasteiger partial charge < -0.3 is 15.8 Å². The SMILES string of the molecule is Cl.NC[C@H]1CC[C@@H](C(=O)NC(c2ccc(Cl)cc2)C2CCCC2)O1. The number of hydrogen-bond donors (Lipinski definition) is 2. The quantitative estimate of drug-likeness (QED) is 0.829. The molecule has 1 heterocycles. The highest BCUT2D eigenvalue weighted by atomic mass is 35.5. The van der Waals surface area contributed by atoms with Gasteiger partial charge in [-0.2, -0.15) is 0 Å². The molecule has 1 aliphatic carbocycles. The van der Waals surface area contributed by atoms with Crippen molar-refractivity contribution in [2.24, 2.45) is 11.7 Å². The van der Waals surface area contributed by atoms with Crippen molar-refractivity contribution in [2.75, 3.05) is 6.54 Å². The highest BCUT2D eigenvalue weighted by molar-refractivity contribution is 6.30. The Labute approximate surface area is 154 Å². The maximum absolute atomic E-state index is 12.6. The molecule has 2 aliphatic rings. The number of ether oxygens (including phenoxy) is 1. The van der Waals surface area contributed by atoms with E-state index in [0.29, 0.717) is 12.5 Å². The zero-order chi connectivity index (χ0) is 16.2. The van der Waals surface area contributed by atoms with Gasteiger partial charge in [-0.05, 0) is 49.3 Å². The molecule has 1 saturated carbocycles. The summed E-state index contributed by atoms with van der Waals surface area (Å²) in [6, 6.07) is 7.86. The molecule has 2 fully saturated rings. The van der Waals surface area contributed by atoms with Crippen molar-refractivity contribution in [2.45, 2.75) is 56.8 Å². The minimum atomic E-state index is -0.361. The highest BCUT2D eigenvalue weighted by Crippen LogP contribution is 2.36. The van der Waals surface area contributed by atoms with Crippen molar-refractivity contribution < 1.29 is 9.53 Å². The Morgan fingerprint density at radius 1 is 1.21 bits per heavy atom. The Balaban J connectivity index is 0.00000208. The molecule has 3 N–H and O–H groups in total. The first-order valence-corrected chi connectivity index (χ1v) is 8.96. The largest absolute Gasteiger partial charge is 0.364 e. The molecule has 1 aliphatic heterocycles. The molecule has 1 aromatic rings. The minimum absolute atomic E-state index is 0. The lowest BCUT2D eigenvalue weighted by molar-refractivity contribution is -0.133. The number of hydrogen-bond acceptors (Lipinski definition) is 3. The molecule has 24 heavy (non-hydrogen) atoms. The van der Waals surface area contributed by atoms with Crippen LogP contribution in [-0.4, -0.2) is 24.7 Å². The Hall–Kier alpha value is -0.810. The fraction of sp³-hybridized carbons (Fsp3) is 0.611. The smallest absolute Gasteiger partial charge is 0.249 e. The standard InChI is InChI=1S/C18H25ClN2O2.ClH/c19-14-7-5-13(6-8-14)17(12-3-1-2-4-12)21-18(22)16-10-9-15(11-20)23-16;/h5-8,12,15-17H,1-4,9-11,20H2,(H,21,22);1H/t15-,16+,17?;/m1./s1. The second-order valence-electron chi connectivity index (χ2n) is 6.64. The minimum Gasteiger partial charge on any atom is -0.364 e. The van der Waals surface area contributed by atoms with Gasteiger partial charge in [-0.25, -0.2) is 0 Å². The Morgan fingerprint density at radius 2 is 1.88 bits per heavy atom. The van der Waals surface area contributed by atoms with Crippen LogP contribution >= 0.6 is 24.0 Å². The van der Waals surface area contributed by atoms with Crippen LogP contribution in [0.15, 0.2) is 24.3 Å². The summed E-state index contributed by atoms with van der Waals surface area (Å²) in [5.41, 5.74) is 6.76. The predicted octanol–water partition coefficient (Wildman–Crippen LogP) is 3.62. The summed E-state index contributed by atoms with van der Waals surface area (Å²) in [5, 5.41) is 3.95. The van der Waals surface area contributed by atoms with E-state index in [1.54, 1.807) is 0 Å². The number of benzene rings is 1. The summed E-state index contributed by atoms with van der Waals surface area (Å²) in [6.07, 6.45) is 6.07. The summed E-state index contributed by atoms with van der Waals surface area (Å²) in [4.78, 5) is 12.6. The van der Waals surface area contributed by atoms with Gasteiger partial charge in [-0.1, -0.05) is 36.6 Å².